The van der Waals surface area contributed by atoms with Crippen molar-refractivity contribution in [2.24, 2.45) is 0 Å². The number of aromatic nitrogens is 3. The third-order valence-corrected chi connectivity index (χ3v) is 6.11. The van der Waals surface area contributed by atoms with Gasteiger partial charge in [0.05, 0.1) is 11.3 Å². The highest BCUT2D eigenvalue weighted by atomic mass is 32.1. The highest BCUT2D eigenvalue weighted by Gasteiger charge is 2.29. The van der Waals surface area contributed by atoms with E-state index in [9.17, 15) is 4.79 Å². The summed E-state index contributed by atoms with van der Waals surface area (Å²) in [7, 11) is 0. The van der Waals surface area contributed by atoms with E-state index in [2.05, 4.69) is 27.0 Å². The molecule has 0 bridgehead atoms. The van der Waals surface area contributed by atoms with E-state index in [0.717, 1.165) is 60.0 Å². The van der Waals surface area contributed by atoms with Crippen LogP contribution < -0.4 is 5.56 Å². The maximum absolute atomic E-state index is 12.5. The van der Waals surface area contributed by atoms with Crippen LogP contribution in [0.4, 0.5) is 0 Å². The Balaban J connectivity index is 1.32. The molecule has 1 aliphatic heterocycles. The van der Waals surface area contributed by atoms with Gasteiger partial charge in [-0.2, -0.15) is 0 Å². The number of thiazole rings is 1. The van der Waals surface area contributed by atoms with E-state index in [4.69, 9.17) is 4.98 Å². The van der Waals surface area contributed by atoms with Crippen molar-refractivity contribution >= 4 is 11.3 Å². The molecule has 2 aliphatic rings. The second kappa shape index (κ2) is 6.45. The van der Waals surface area contributed by atoms with Gasteiger partial charge in [0.15, 0.2) is 0 Å². The van der Waals surface area contributed by atoms with Crippen molar-refractivity contribution in [3.05, 3.63) is 68.8 Å². The second-order valence-corrected chi connectivity index (χ2v) is 8.22. The third kappa shape index (κ3) is 3.10. The van der Waals surface area contributed by atoms with Crippen molar-refractivity contribution in [1.82, 2.24) is 19.9 Å². The molecule has 1 aliphatic carbocycles. The number of benzene rings is 1. The van der Waals surface area contributed by atoms with Gasteiger partial charge in [-0.15, -0.1) is 11.3 Å². The molecule has 1 aromatic carbocycles. The molecule has 1 fully saturated rings. The summed E-state index contributed by atoms with van der Waals surface area (Å²) in [5.74, 6) is 1.39. The summed E-state index contributed by atoms with van der Waals surface area (Å²) in [6.45, 7) is 2.43. The number of rotatable bonds is 4. The molecule has 132 valence electrons. The summed E-state index contributed by atoms with van der Waals surface area (Å²) >= 11 is 1.73. The maximum Gasteiger partial charge on any atom is 0.255 e. The lowest BCUT2D eigenvalue weighted by atomic mass is 10.1. The molecule has 3 aromatic rings. The van der Waals surface area contributed by atoms with Gasteiger partial charge in [-0.1, -0.05) is 30.3 Å². The molecule has 0 spiro atoms. The first-order valence-electron chi connectivity index (χ1n) is 9.11. The summed E-state index contributed by atoms with van der Waals surface area (Å²) < 4.78 is 0. The van der Waals surface area contributed by atoms with Crippen LogP contribution in [-0.2, 0) is 19.5 Å². The number of hydrogen-bond acceptors (Lipinski definition) is 5. The van der Waals surface area contributed by atoms with E-state index in [-0.39, 0.29) is 5.56 Å². The lowest BCUT2D eigenvalue weighted by Gasteiger charge is -2.27. The van der Waals surface area contributed by atoms with Gasteiger partial charge in [0.1, 0.15) is 10.8 Å². The number of H-pyrrole nitrogens is 1. The lowest BCUT2D eigenvalue weighted by molar-refractivity contribution is 0.243. The predicted molar refractivity (Wildman–Crippen MR) is 102 cm³/mol. The molecule has 5 rings (SSSR count). The molecule has 0 amide bonds. The maximum atomic E-state index is 12.5. The molecule has 0 unspecified atom stereocenters. The van der Waals surface area contributed by atoms with Gasteiger partial charge in [0.25, 0.3) is 5.56 Å². The first-order valence-corrected chi connectivity index (χ1v) is 9.92. The van der Waals surface area contributed by atoms with Crippen LogP contribution in [-0.4, -0.2) is 26.4 Å². The van der Waals surface area contributed by atoms with E-state index < -0.39 is 0 Å². The largest absolute Gasteiger partial charge is 0.310 e. The van der Waals surface area contributed by atoms with Crippen LogP contribution in [0.15, 0.2) is 41.3 Å². The van der Waals surface area contributed by atoms with Crippen LogP contribution in [0.3, 0.4) is 0 Å². The van der Waals surface area contributed by atoms with E-state index in [0.29, 0.717) is 12.5 Å². The van der Waals surface area contributed by atoms with Gasteiger partial charge in [-0.05, 0) is 12.8 Å². The molecule has 2 aromatic heterocycles. The van der Waals surface area contributed by atoms with Crippen molar-refractivity contribution < 1.29 is 0 Å². The normalized spacial score (nSPS) is 17.2. The van der Waals surface area contributed by atoms with Gasteiger partial charge >= 0.3 is 0 Å². The van der Waals surface area contributed by atoms with E-state index in [1.165, 1.54) is 4.88 Å². The fourth-order valence-electron chi connectivity index (χ4n) is 3.50. The number of aromatic amines is 1. The molecule has 0 saturated heterocycles. The minimum Gasteiger partial charge on any atom is -0.310 e. The van der Waals surface area contributed by atoms with E-state index in [1.807, 2.05) is 24.4 Å². The highest BCUT2D eigenvalue weighted by Crippen LogP contribution is 2.38. The Bertz CT molecular complexity index is 991. The molecule has 3 heterocycles. The van der Waals surface area contributed by atoms with Crippen LogP contribution in [0.5, 0.6) is 0 Å². The third-order valence-electron chi connectivity index (χ3n) is 5.08. The predicted octanol–water partition coefficient (Wildman–Crippen LogP) is 3.33. The molecule has 6 heteroatoms. The summed E-state index contributed by atoms with van der Waals surface area (Å²) in [4.78, 5) is 28.3. The average Bonchev–Trinajstić information content (AvgIpc) is 3.42. The van der Waals surface area contributed by atoms with E-state index >= 15 is 0 Å². The zero-order valence-electron chi connectivity index (χ0n) is 14.4. The summed E-state index contributed by atoms with van der Waals surface area (Å²) in [6.07, 6.45) is 5.12. The van der Waals surface area contributed by atoms with Gasteiger partial charge in [0.2, 0.25) is 0 Å². The van der Waals surface area contributed by atoms with Gasteiger partial charge in [-0.3, -0.25) is 9.69 Å². The fourth-order valence-corrected chi connectivity index (χ4v) is 4.46. The quantitative estimate of drug-likeness (QED) is 0.771. The molecule has 0 atom stereocenters. The smallest absolute Gasteiger partial charge is 0.255 e. The molecule has 1 saturated carbocycles. The van der Waals surface area contributed by atoms with E-state index in [1.54, 1.807) is 11.3 Å². The van der Waals surface area contributed by atoms with Crippen molar-refractivity contribution in [3.8, 4) is 10.6 Å². The zero-order valence-corrected chi connectivity index (χ0v) is 15.3. The van der Waals surface area contributed by atoms with Gasteiger partial charge < -0.3 is 4.98 Å². The molecule has 0 radical (unpaired) electrons. The Hall–Kier alpha value is -2.31. The number of hydrogen-bond donors (Lipinski definition) is 1. The summed E-state index contributed by atoms with van der Waals surface area (Å²) in [5.41, 5.74) is 3.05. The van der Waals surface area contributed by atoms with Crippen molar-refractivity contribution in [1.29, 1.82) is 0 Å². The highest BCUT2D eigenvalue weighted by molar-refractivity contribution is 7.15. The first kappa shape index (κ1) is 15.9. The van der Waals surface area contributed by atoms with Crippen LogP contribution in [0.25, 0.3) is 10.6 Å². The Kier molecular flexibility index (Phi) is 3.94. The monoisotopic (exact) mass is 364 g/mol. The lowest BCUT2D eigenvalue weighted by Crippen LogP contribution is -2.35. The molecule has 26 heavy (non-hydrogen) atoms. The Morgan fingerprint density at radius 1 is 1.23 bits per heavy atom. The van der Waals surface area contributed by atoms with Crippen LogP contribution in [0.2, 0.25) is 0 Å². The number of nitrogens with one attached hydrogen (secondary N) is 1. The number of fused-ring (bicyclic) bond motifs is 1. The second-order valence-electron chi connectivity index (χ2n) is 7.11. The molecule has 1 N–H and O–H groups in total. The van der Waals surface area contributed by atoms with Gasteiger partial charge in [-0.25, -0.2) is 9.97 Å². The van der Waals surface area contributed by atoms with Crippen LogP contribution in [0.1, 0.15) is 40.7 Å². The van der Waals surface area contributed by atoms with Crippen LogP contribution >= 0.6 is 11.3 Å². The first-order chi connectivity index (χ1) is 12.8. The average molecular weight is 364 g/mol. The van der Waals surface area contributed by atoms with Gasteiger partial charge in [0, 0.05) is 48.6 Å². The SMILES string of the molecule is O=c1[nH]c(C2CC2)nc2c1CN(Cc1cnc(-c3ccccc3)s1)CC2. The topological polar surface area (TPSA) is 61.9 Å². The molecular weight excluding hydrogens is 344 g/mol. The van der Waals surface area contributed by atoms with Crippen molar-refractivity contribution in [3.63, 3.8) is 0 Å². The van der Waals surface area contributed by atoms with Crippen molar-refractivity contribution in [2.75, 3.05) is 6.54 Å². The van der Waals surface area contributed by atoms with Crippen LogP contribution in [0, 0.1) is 0 Å². The Morgan fingerprint density at radius 3 is 2.88 bits per heavy atom. The zero-order chi connectivity index (χ0) is 17.5. The van der Waals surface area contributed by atoms with Crippen molar-refractivity contribution in [2.45, 2.75) is 38.3 Å². The minimum atomic E-state index is 0.0517. The standard InChI is InChI=1S/C20H20N4OS/c25-19-16-12-24(9-8-17(16)22-18(23-19)13-6-7-13)11-15-10-21-20(26-15)14-4-2-1-3-5-14/h1-5,10,13H,6-9,11-12H2,(H,22,23,25). The summed E-state index contributed by atoms with van der Waals surface area (Å²) in [6, 6.07) is 10.3. The molecular formula is C20H20N4OS. The Morgan fingerprint density at radius 2 is 2.08 bits per heavy atom. The molecule has 5 nitrogen and oxygen atoms in total. The number of nitrogens with zero attached hydrogens (tertiary/aromatic N) is 3. The summed E-state index contributed by atoms with van der Waals surface area (Å²) in [5, 5.41) is 1.05. The fraction of sp³-hybridized carbons (Fsp3) is 0.350. The minimum absolute atomic E-state index is 0.0517. The Labute approximate surface area is 155 Å².